The molecule has 5 heteroatoms. The van der Waals surface area contributed by atoms with Crippen molar-refractivity contribution in [3.63, 3.8) is 0 Å². The van der Waals surface area contributed by atoms with Gasteiger partial charge in [0, 0.05) is 11.8 Å². The number of thioether (sulfide) groups is 1. The zero-order valence-corrected chi connectivity index (χ0v) is 12.2. The van der Waals surface area contributed by atoms with E-state index < -0.39 is 0 Å². The highest BCUT2D eigenvalue weighted by atomic mass is 32.2. The smallest absolute Gasteiger partial charge is 0.258 e. The molecule has 1 atom stereocenters. The molecule has 1 fully saturated rings. The van der Waals surface area contributed by atoms with E-state index in [-0.39, 0.29) is 5.56 Å². The summed E-state index contributed by atoms with van der Waals surface area (Å²) in [7, 11) is 0. The number of hydrogen-bond donors (Lipinski definition) is 2. The number of fused-ring (bicyclic) bond motifs is 1. The van der Waals surface area contributed by atoms with Crippen molar-refractivity contribution >= 4 is 22.7 Å². The SMILES string of the molecule is O=c1[nH]c(CNCC2CCCCS2)nc2ccccc12. The molecule has 0 amide bonds. The summed E-state index contributed by atoms with van der Waals surface area (Å²) < 4.78 is 0. The molecule has 0 radical (unpaired) electrons. The largest absolute Gasteiger partial charge is 0.309 e. The first-order valence-electron chi connectivity index (χ1n) is 7.13. The molecule has 1 aliphatic rings. The lowest BCUT2D eigenvalue weighted by Crippen LogP contribution is -2.28. The van der Waals surface area contributed by atoms with E-state index in [0.717, 1.165) is 17.9 Å². The maximum absolute atomic E-state index is 11.9. The van der Waals surface area contributed by atoms with Gasteiger partial charge in [-0.3, -0.25) is 4.79 Å². The highest BCUT2D eigenvalue weighted by molar-refractivity contribution is 7.99. The molecule has 0 saturated carbocycles. The van der Waals surface area contributed by atoms with Gasteiger partial charge in [0.15, 0.2) is 0 Å². The van der Waals surface area contributed by atoms with Crippen molar-refractivity contribution in [3.05, 3.63) is 40.4 Å². The molecule has 2 aromatic rings. The fraction of sp³-hybridized carbons (Fsp3) is 0.467. The van der Waals surface area contributed by atoms with Gasteiger partial charge in [0.25, 0.3) is 5.56 Å². The first-order valence-corrected chi connectivity index (χ1v) is 8.18. The van der Waals surface area contributed by atoms with E-state index in [2.05, 4.69) is 15.3 Å². The fourth-order valence-electron chi connectivity index (χ4n) is 2.54. The van der Waals surface area contributed by atoms with E-state index in [9.17, 15) is 4.79 Å². The number of nitrogens with zero attached hydrogens (tertiary/aromatic N) is 1. The van der Waals surface area contributed by atoms with Gasteiger partial charge in [-0.25, -0.2) is 4.98 Å². The van der Waals surface area contributed by atoms with Crippen LogP contribution in [0.25, 0.3) is 10.9 Å². The number of H-pyrrole nitrogens is 1. The van der Waals surface area contributed by atoms with Crippen molar-refractivity contribution in [2.75, 3.05) is 12.3 Å². The molecule has 0 spiro atoms. The van der Waals surface area contributed by atoms with Crippen LogP contribution >= 0.6 is 11.8 Å². The molecular weight excluding hydrogens is 270 g/mol. The summed E-state index contributed by atoms with van der Waals surface area (Å²) in [6, 6.07) is 7.45. The normalized spacial score (nSPS) is 19.3. The average Bonchev–Trinajstić information content (AvgIpc) is 2.48. The second kappa shape index (κ2) is 6.41. The molecule has 3 rings (SSSR count). The van der Waals surface area contributed by atoms with Crippen LogP contribution in [0.2, 0.25) is 0 Å². The second-order valence-electron chi connectivity index (χ2n) is 5.15. The van der Waals surface area contributed by atoms with Crippen molar-refractivity contribution in [1.29, 1.82) is 0 Å². The van der Waals surface area contributed by atoms with E-state index in [1.807, 2.05) is 30.0 Å². The lowest BCUT2D eigenvalue weighted by molar-refractivity contribution is 0.588. The molecular formula is C15H19N3OS. The third kappa shape index (κ3) is 3.22. The second-order valence-corrected chi connectivity index (χ2v) is 6.56. The molecule has 1 aliphatic heterocycles. The number of benzene rings is 1. The summed E-state index contributed by atoms with van der Waals surface area (Å²) in [6.07, 6.45) is 3.98. The Hall–Kier alpha value is -1.33. The number of hydrogen-bond acceptors (Lipinski definition) is 4. The van der Waals surface area contributed by atoms with Gasteiger partial charge in [0.05, 0.1) is 17.4 Å². The highest BCUT2D eigenvalue weighted by Gasteiger charge is 2.13. The number of para-hydroxylation sites is 1. The van der Waals surface area contributed by atoms with Crippen LogP contribution in [-0.2, 0) is 6.54 Å². The Kier molecular flexibility index (Phi) is 4.38. The minimum Gasteiger partial charge on any atom is -0.309 e. The van der Waals surface area contributed by atoms with Gasteiger partial charge in [-0.2, -0.15) is 11.8 Å². The first kappa shape index (κ1) is 13.6. The molecule has 106 valence electrons. The van der Waals surface area contributed by atoms with Gasteiger partial charge in [-0.1, -0.05) is 18.6 Å². The van der Waals surface area contributed by atoms with Gasteiger partial charge < -0.3 is 10.3 Å². The molecule has 4 nitrogen and oxygen atoms in total. The molecule has 0 bridgehead atoms. The minimum atomic E-state index is -0.0561. The average molecular weight is 289 g/mol. The number of aromatic nitrogens is 2. The maximum atomic E-state index is 11.9. The van der Waals surface area contributed by atoms with E-state index in [1.54, 1.807) is 6.07 Å². The lowest BCUT2D eigenvalue weighted by Gasteiger charge is -2.21. The molecule has 1 aromatic heterocycles. The van der Waals surface area contributed by atoms with Crippen LogP contribution in [0.3, 0.4) is 0 Å². The standard InChI is InChI=1S/C15H19N3OS/c19-15-12-6-1-2-7-13(12)17-14(18-15)10-16-9-11-5-3-4-8-20-11/h1-2,6-7,11,16H,3-5,8-10H2,(H,17,18,19). The summed E-state index contributed by atoms with van der Waals surface area (Å²) >= 11 is 2.05. The summed E-state index contributed by atoms with van der Waals surface area (Å²) in [6.45, 7) is 1.61. The lowest BCUT2D eigenvalue weighted by atomic mass is 10.2. The zero-order chi connectivity index (χ0) is 13.8. The molecule has 2 N–H and O–H groups in total. The van der Waals surface area contributed by atoms with Crippen molar-refractivity contribution in [3.8, 4) is 0 Å². The fourth-order valence-corrected chi connectivity index (χ4v) is 3.81. The van der Waals surface area contributed by atoms with Crippen LogP contribution in [-0.4, -0.2) is 27.5 Å². The van der Waals surface area contributed by atoms with Crippen LogP contribution < -0.4 is 10.9 Å². The van der Waals surface area contributed by atoms with Crippen LogP contribution in [0.1, 0.15) is 25.1 Å². The summed E-state index contributed by atoms with van der Waals surface area (Å²) in [5.41, 5.74) is 0.708. The zero-order valence-electron chi connectivity index (χ0n) is 11.4. The molecule has 1 saturated heterocycles. The number of aromatic amines is 1. The summed E-state index contributed by atoms with van der Waals surface area (Å²) in [5, 5.41) is 4.77. The van der Waals surface area contributed by atoms with Crippen LogP contribution in [0.15, 0.2) is 29.1 Å². The monoisotopic (exact) mass is 289 g/mol. The van der Waals surface area contributed by atoms with Crippen molar-refractivity contribution < 1.29 is 0 Å². The molecule has 20 heavy (non-hydrogen) atoms. The predicted molar refractivity (Wildman–Crippen MR) is 84.2 cm³/mol. The number of rotatable bonds is 4. The molecule has 2 heterocycles. The Labute approximate surface area is 122 Å². The molecule has 0 aliphatic carbocycles. The Balaban J connectivity index is 1.64. The van der Waals surface area contributed by atoms with Gasteiger partial charge >= 0.3 is 0 Å². The number of nitrogens with one attached hydrogen (secondary N) is 2. The van der Waals surface area contributed by atoms with Gasteiger partial charge in [0.2, 0.25) is 0 Å². The van der Waals surface area contributed by atoms with Crippen LogP contribution in [0.4, 0.5) is 0 Å². The Morgan fingerprint density at radius 3 is 3.10 bits per heavy atom. The highest BCUT2D eigenvalue weighted by Crippen LogP contribution is 2.24. The summed E-state index contributed by atoms with van der Waals surface area (Å²) in [5.74, 6) is 1.99. The van der Waals surface area contributed by atoms with Crippen LogP contribution in [0.5, 0.6) is 0 Å². The summed E-state index contributed by atoms with van der Waals surface area (Å²) in [4.78, 5) is 19.3. The Morgan fingerprint density at radius 2 is 2.25 bits per heavy atom. The third-order valence-corrected chi connectivity index (χ3v) is 5.00. The maximum Gasteiger partial charge on any atom is 0.258 e. The quantitative estimate of drug-likeness (QED) is 0.907. The topological polar surface area (TPSA) is 57.8 Å². The van der Waals surface area contributed by atoms with Crippen molar-refractivity contribution in [2.45, 2.75) is 31.1 Å². The van der Waals surface area contributed by atoms with Crippen LogP contribution in [0, 0.1) is 0 Å². The minimum absolute atomic E-state index is 0.0561. The van der Waals surface area contributed by atoms with Gasteiger partial charge in [-0.15, -0.1) is 0 Å². The van der Waals surface area contributed by atoms with Crippen molar-refractivity contribution in [1.82, 2.24) is 15.3 Å². The van der Waals surface area contributed by atoms with E-state index in [0.29, 0.717) is 17.2 Å². The van der Waals surface area contributed by atoms with E-state index >= 15 is 0 Å². The first-order chi connectivity index (χ1) is 9.83. The van der Waals surface area contributed by atoms with Gasteiger partial charge in [-0.05, 0) is 30.7 Å². The Morgan fingerprint density at radius 1 is 1.35 bits per heavy atom. The van der Waals surface area contributed by atoms with E-state index in [4.69, 9.17) is 0 Å². The molecule has 1 aromatic carbocycles. The van der Waals surface area contributed by atoms with Gasteiger partial charge in [0.1, 0.15) is 5.82 Å². The third-order valence-electron chi connectivity index (χ3n) is 3.60. The van der Waals surface area contributed by atoms with Crippen molar-refractivity contribution in [2.24, 2.45) is 0 Å². The predicted octanol–water partition coefficient (Wildman–Crippen LogP) is 2.30. The Bertz CT molecular complexity index is 634. The molecule has 1 unspecified atom stereocenters. The van der Waals surface area contributed by atoms with E-state index in [1.165, 1.54) is 25.0 Å².